The summed E-state index contributed by atoms with van der Waals surface area (Å²) in [6, 6.07) is -0.790. The summed E-state index contributed by atoms with van der Waals surface area (Å²) >= 11 is 0. The smallest absolute Gasteiger partial charge is 0.318 e. The minimum absolute atomic E-state index is 0.158. The molecule has 1 atom stereocenters. The summed E-state index contributed by atoms with van der Waals surface area (Å²) in [6.07, 6.45) is 9.93. The Morgan fingerprint density at radius 3 is 2.67 bits per heavy atom. The van der Waals surface area contributed by atoms with Crippen LogP contribution < -0.4 is 11.1 Å². The monoisotopic (exact) mass is 208 g/mol. The number of amides is 3. The number of rotatable bonds is 3. The number of nitrogens with two attached hydrogens (primary N) is 1. The molecule has 0 heterocycles. The quantitative estimate of drug-likeness (QED) is 0.737. The predicted octanol–water partition coefficient (Wildman–Crippen LogP) is 1.48. The maximum atomic E-state index is 11.4. The van der Waals surface area contributed by atoms with E-state index >= 15 is 0 Å². The maximum absolute atomic E-state index is 11.4. The lowest BCUT2D eigenvalue weighted by molar-refractivity contribution is -0.121. The SMILES string of the molecule is CCC1(CC(=O)NC(N)=O)C=CC=CC1. The first-order valence-electron chi connectivity index (χ1n) is 5.02. The molecular weight excluding hydrogens is 192 g/mol. The van der Waals surface area contributed by atoms with Crippen molar-refractivity contribution in [2.75, 3.05) is 0 Å². The van der Waals surface area contributed by atoms with E-state index in [-0.39, 0.29) is 11.3 Å². The lowest BCUT2D eigenvalue weighted by Crippen LogP contribution is -2.38. The van der Waals surface area contributed by atoms with Gasteiger partial charge < -0.3 is 5.73 Å². The Bertz CT molecular complexity index is 321. The zero-order chi connectivity index (χ0) is 11.3. The van der Waals surface area contributed by atoms with Crippen molar-refractivity contribution < 1.29 is 9.59 Å². The molecule has 1 aliphatic rings. The summed E-state index contributed by atoms with van der Waals surface area (Å²) in [5.41, 5.74) is 4.72. The second-order valence-corrected chi connectivity index (χ2v) is 3.80. The highest BCUT2D eigenvalue weighted by Gasteiger charge is 2.28. The number of imide groups is 1. The molecule has 4 heteroatoms. The van der Waals surface area contributed by atoms with Crippen molar-refractivity contribution in [1.82, 2.24) is 5.32 Å². The van der Waals surface area contributed by atoms with Crippen molar-refractivity contribution in [3.63, 3.8) is 0 Å². The third kappa shape index (κ3) is 3.23. The van der Waals surface area contributed by atoms with E-state index in [1.165, 1.54) is 0 Å². The molecule has 0 radical (unpaired) electrons. The van der Waals surface area contributed by atoms with Crippen LogP contribution in [0.5, 0.6) is 0 Å². The molecule has 15 heavy (non-hydrogen) atoms. The molecule has 0 aliphatic heterocycles. The molecule has 1 rings (SSSR count). The second-order valence-electron chi connectivity index (χ2n) is 3.80. The van der Waals surface area contributed by atoms with E-state index in [1.54, 1.807) is 0 Å². The highest BCUT2D eigenvalue weighted by Crippen LogP contribution is 2.35. The van der Waals surface area contributed by atoms with Crippen LogP contribution in [0.2, 0.25) is 0 Å². The Labute approximate surface area is 89.2 Å². The van der Waals surface area contributed by atoms with Gasteiger partial charge in [0.15, 0.2) is 0 Å². The van der Waals surface area contributed by atoms with E-state index in [1.807, 2.05) is 31.2 Å². The molecule has 0 aromatic heterocycles. The van der Waals surface area contributed by atoms with Gasteiger partial charge in [0.05, 0.1) is 0 Å². The number of allylic oxidation sites excluding steroid dienone is 4. The minimum Gasteiger partial charge on any atom is -0.351 e. The van der Waals surface area contributed by atoms with Crippen molar-refractivity contribution in [1.29, 1.82) is 0 Å². The van der Waals surface area contributed by atoms with E-state index < -0.39 is 6.03 Å². The Morgan fingerprint density at radius 2 is 2.20 bits per heavy atom. The van der Waals surface area contributed by atoms with Crippen molar-refractivity contribution in [3.8, 4) is 0 Å². The molecule has 0 saturated carbocycles. The van der Waals surface area contributed by atoms with Crippen LogP contribution in [-0.4, -0.2) is 11.9 Å². The Kier molecular flexibility index (Phi) is 3.66. The standard InChI is InChI=1S/C11H16N2O2/c1-2-11(6-4-3-5-7-11)8-9(14)13-10(12)15/h3-6H,2,7-8H2,1H3,(H3,12,13,14,15). The third-order valence-electron chi connectivity index (χ3n) is 2.70. The molecule has 4 nitrogen and oxygen atoms in total. The van der Waals surface area contributed by atoms with Crippen LogP contribution in [0.25, 0.3) is 0 Å². The van der Waals surface area contributed by atoms with Gasteiger partial charge in [-0.15, -0.1) is 0 Å². The van der Waals surface area contributed by atoms with Gasteiger partial charge in [0, 0.05) is 11.8 Å². The normalized spacial score (nSPS) is 23.8. The van der Waals surface area contributed by atoms with Crippen molar-refractivity contribution in [2.24, 2.45) is 11.1 Å². The van der Waals surface area contributed by atoms with Crippen LogP contribution in [0.4, 0.5) is 4.79 Å². The molecule has 1 aliphatic carbocycles. The van der Waals surface area contributed by atoms with Crippen LogP contribution >= 0.6 is 0 Å². The first-order valence-corrected chi connectivity index (χ1v) is 5.02. The topological polar surface area (TPSA) is 72.2 Å². The number of nitrogens with one attached hydrogen (secondary N) is 1. The van der Waals surface area contributed by atoms with Gasteiger partial charge in [-0.3, -0.25) is 10.1 Å². The first kappa shape index (κ1) is 11.5. The summed E-state index contributed by atoms with van der Waals surface area (Å²) in [7, 11) is 0. The summed E-state index contributed by atoms with van der Waals surface area (Å²) in [5.74, 6) is -0.315. The fourth-order valence-electron chi connectivity index (χ4n) is 1.73. The van der Waals surface area contributed by atoms with Gasteiger partial charge in [0.2, 0.25) is 5.91 Å². The number of urea groups is 1. The Morgan fingerprint density at radius 1 is 1.47 bits per heavy atom. The molecule has 0 fully saturated rings. The molecule has 0 bridgehead atoms. The van der Waals surface area contributed by atoms with E-state index in [2.05, 4.69) is 5.32 Å². The van der Waals surface area contributed by atoms with Gasteiger partial charge in [0.1, 0.15) is 0 Å². The highest BCUT2D eigenvalue weighted by atomic mass is 16.2. The van der Waals surface area contributed by atoms with Crippen molar-refractivity contribution >= 4 is 11.9 Å². The number of carbonyl (C=O) groups is 2. The van der Waals surface area contributed by atoms with Crippen LogP contribution in [0, 0.1) is 5.41 Å². The number of hydrogen-bond donors (Lipinski definition) is 2. The zero-order valence-electron chi connectivity index (χ0n) is 8.82. The summed E-state index contributed by atoms with van der Waals surface area (Å²) < 4.78 is 0. The van der Waals surface area contributed by atoms with Crippen LogP contribution in [0.1, 0.15) is 26.2 Å². The average molecular weight is 208 g/mol. The van der Waals surface area contributed by atoms with Gasteiger partial charge in [-0.05, 0) is 12.8 Å². The van der Waals surface area contributed by atoms with Crippen LogP contribution in [-0.2, 0) is 4.79 Å². The highest BCUT2D eigenvalue weighted by molar-refractivity contribution is 5.93. The molecule has 0 saturated heterocycles. The summed E-state index contributed by atoms with van der Waals surface area (Å²) in [5, 5.41) is 2.09. The van der Waals surface area contributed by atoms with Gasteiger partial charge in [-0.25, -0.2) is 4.79 Å². The van der Waals surface area contributed by atoms with Gasteiger partial charge in [-0.2, -0.15) is 0 Å². The van der Waals surface area contributed by atoms with E-state index in [4.69, 9.17) is 5.73 Å². The molecule has 1 unspecified atom stereocenters. The molecule has 0 aromatic rings. The van der Waals surface area contributed by atoms with Crippen LogP contribution in [0.15, 0.2) is 24.3 Å². The second kappa shape index (κ2) is 4.77. The summed E-state index contributed by atoms with van der Waals surface area (Å²) in [4.78, 5) is 21.9. The number of primary amides is 1. The Hall–Kier alpha value is -1.58. The number of hydrogen-bond acceptors (Lipinski definition) is 2. The van der Waals surface area contributed by atoms with Gasteiger partial charge in [-0.1, -0.05) is 31.2 Å². The predicted molar refractivity (Wildman–Crippen MR) is 58.0 cm³/mol. The Balaban J connectivity index is 2.61. The summed E-state index contributed by atoms with van der Waals surface area (Å²) in [6.45, 7) is 2.03. The molecule has 0 aromatic carbocycles. The third-order valence-corrected chi connectivity index (χ3v) is 2.70. The average Bonchev–Trinajstić information content (AvgIpc) is 2.17. The van der Waals surface area contributed by atoms with Crippen molar-refractivity contribution in [2.45, 2.75) is 26.2 Å². The molecule has 3 amide bonds. The maximum Gasteiger partial charge on any atom is 0.318 e. The number of carbonyl (C=O) groups excluding carboxylic acids is 2. The molecular formula is C11H16N2O2. The van der Waals surface area contributed by atoms with Crippen LogP contribution in [0.3, 0.4) is 0 Å². The van der Waals surface area contributed by atoms with E-state index in [0.717, 1.165) is 12.8 Å². The minimum atomic E-state index is -0.790. The fourth-order valence-corrected chi connectivity index (χ4v) is 1.73. The fraction of sp³-hybridized carbons (Fsp3) is 0.455. The van der Waals surface area contributed by atoms with E-state index in [0.29, 0.717) is 6.42 Å². The molecule has 3 N–H and O–H groups in total. The first-order chi connectivity index (χ1) is 7.08. The lowest BCUT2D eigenvalue weighted by Gasteiger charge is -2.28. The lowest BCUT2D eigenvalue weighted by atomic mass is 9.76. The largest absolute Gasteiger partial charge is 0.351 e. The van der Waals surface area contributed by atoms with Crippen molar-refractivity contribution in [3.05, 3.63) is 24.3 Å². The van der Waals surface area contributed by atoms with E-state index in [9.17, 15) is 9.59 Å². The van der Waals surface area contributed by atoms with Gasteiger partial charge >= 0.3 is 6.03 Å². The molecule has 0 spiro atoms. The molecule has 82 valence electrons. The van der Waals surface area contributed by atoms with Gasteiger partial charge in [0.25, 0.3) is 0 Å². The zero-order valence-corrected chi connectivity index (χ0v) is 8.82.